The van der Waals surface area contributed by atoms with Crippen molar-refractivity contribution in [1.82, 2.24) is 4.98 Å². The molecule has 0 unspecified atom stereocenters. The Kier molecular flexibility index (Phi) is 7.48. The third-order valence-corrected chi connectivity index (χ3v) is 3.64. The zero-order chi connectivity index (χ0) is 14.1. The van der Waals surface area contributed by atoms with E-state index in [9.17, 15) is 4.79 Å². The van der Waals surface area contributed by atoms with E-state index in [4.69, 9.17) is 4.74 Å². The van der Waals surface area contributed by atoms with Gasteiger partial charge in [-0.3, -0.25) is 4.79 Å². The molecule has 4 nitrogen and oxygen atoms in total. The molecule has 19 heavy (non-hydrogen) atoms. The molecule has 0 aromatic carbocycles. The van der Waals surface area contributed by atoms with Crippen LogP contribution in [0, 0.1) is 0 Å². The first kappa shape index (κ1) is 16.0. The Morgan fingerprint density at radius 2 is 2.00 bits per heavy atom. The second-order valence-corrected chi connectivity index (χ2v) is 5.25. The van der Waals surface area contributed by atoms with Crippen molar-refractivity contribution in [1.29, 1.82) is 0 Å². The number of rotatable bonds is 9. The van der Waals surface area contributed by atoms with Gasteiger partial charge in [0.05, 0.1) is 18.7 Å². The average Bonchev–Trinajstić information content (AvgIpc) is 2.85. The van der Waals surface area contributed by atoms with Crippen LogP contribution in [0.25, 0.3) is 0 Å². The summed E-state index contributed by atoms with van der Waals surface area (Å²) in [6.07, 6.45) is 3.33. The molecule has 0 radical (unpaired) electrons. The highest BCUT2D eigenvalue weighted by Crippen LogP contribution is 2.21. The minimum Gasteiger partial charge on any atom is -0.466 e. The van der Waals surface area contributed by atoms with Crippen molar-refractivity contribution in [2.24, 2.45) is 0 Å². The molecule has 0 N–H and O–H groups in total. The Bertz CT molecular complexity index is 373. The molecule has 1 aromatic rings. The van der Waals surface area contributed by atoms with Gasteiger partial charge in [0, 0.05) is 24.9 Å². The normalized spacial score (nSPS) is 10.5. The van der Waals surface area contributed by atoms with Crippen LogP contribution in [-0.2, 0) is 16.0 Å². The number of esters is 1. The highest BCUT2D eigenvalue weighted by atomic mass is 32.1. The number of hydrogen-bond acceptors (Lipinski definition) is 5. The number of carbonyl (C=O) groups is 1. The number of aromatic nitrogens is 1. The number of anilines is 1. The quantitative estimate of drug-likeness (QED) is 0.653. The molecule has 1 rings (SSSR count). The fraction of sp³-hybridized carbons (Fsp3) is 0.714. The summed E-state index contributed by atoms with van der Waals surface area (Å²) in [6.45, 7) is 8.71. The van der Waals surface area contributed by atoms with Gasteiger partial charge in [-0.1, -0.05) is 13.8 Å². The zero-order valence-corrected chi connectivity index (χ0v) is 13.0. The van der Waals surface area contributed by atoms with Crippen molar-refractivity contribution in [2.45, 2.75) is 46.5 Å². The monoisotopic (exact) mass is 284 g/mol. The highest BCUT2D eigenvalue weighted by molar-refractivity contribution is 7.13. The molecule has 1 heterocycles. The lowest BCUT2D eigenvalue weighted by atomic mass is 10.2. The summed E-state index contributed by atoms with van der Waals surface area (Å²) < 4.78 is 4.92. The number of ether oxygens (including phenoxy) is 1. The maximum Gasteiger partial charge on any atom is 0.306 e. The highest BCUT2D eigenvalue weighted by Gasteiger charge is 2.11. The third kappa shape index (κ3) is 5.59. The van der Waals surface area contributed by atoms with Crippen LogP contribution in [0.3, 0.4) is 0 Å². The lowest BCUT2D eigenvalue weighted by molar-refractivity contribution is -0.143. The lowest BCUT2D eigenvalue weighted by Gasteiger charge is -2.19. The number of nitrogens with zero attached hydrogens (tertiary/aromatic N) is 2. The molecule has 1 aromatic heterocycles. The van der Waals surface area contributed by atoms with Crippen LogP contribution in [0.2, 0.25) is 0 Å². The van der Waals surface area contributed by atoms with Gasteiger partial charge in [-0.15, -0.1) is 11.3 Å². The van der Waals surface area contributed by atoms with Crippen molar-refractivity contribution in [3.05, 3.63) is 11.1 Å². The third-order valence-electron chi connectivity index (χ3n) is 2.69. The Morgan fingerprint density at radius 3 is 2.58 bits per heavy atom. The zero-order valence-electron chi connectivity index (χ0n) is 12.1. The van der Waals surface area contributed by atoms with E-state index >= 15 is 0 Å². The number of carbonyl (C=O) groups excluding carboxylic acids is 1. The van der Waals surface area contributed by atoms with E-state index < -0.39 is 0 Å². The maximum absolute atomic E-state index is 11.3. The molecule has 108 valence electrons. The van der Waals surface area contributed by atoms with Gasteiger partial charge in [-0.05, 0) is 19.8 Å². The Balaban J connectivity index is 2.52. The average molecular weight is 284 g/mol. The maximum atomic E-state index is 11.3. The van der Waals surface area contributed by atoms with E-state index in [0.717, 1.165) is 36.8 Å². The van der Waals surface area contributed by atoms with E-state index in [2.05, 4.69) is 23.7 Å². The van der Waals surface area contributed by atoms with Crippen LogP contribution < -0.4 is 4.90 Å². The first-order chi connectivity index (χ1) is 9.21. The topological polar surface area (TPSA) is 42.4 Å². The van der Waals surface area contributed by atoms with Crippen LogP contribution in [-0.4, -0.2) is 30.6 Å². The molecule has 0 saturated carbocycles. The lowest BCUT2D eigenvalue weighted by Crippen LogP contribution is -2.24. The number of hydrogen-bond donors (Lipinski definition) is 0. The molecule has 0 fully saturated rings. The molecule has 0 saturated heterocycles. The molecule has 0 spiro atoms. The van der Waals surface area contributed by atoms with Crippen LogP contribution >= 0.6 is 11.3 Å². The van der Waals surface area contributed by atoms with Crippen molar-refractivity contribution in [3.63, 3.8) is 0 Å². The Morgan fingerprint density at radius 1 is 1.32 bits per heavy atom. The summed E-state index contributed by atoms with van der Waals surface area (Å²) in [6, 6.07) is 0. The predicted octanol–water partition coefficient (Wildman–Crippen LogP) is 3.27. The van der Waals surface area contributed by atoms with Gasteiger partial charge in [-0.25, -0.2) is 4.98 Å². The predicted molar refractivity (Wildman–Crippen MR) is 79.9 cm³/mol. The summed E-state index contributed by atoms with van der Waals surface area (Å²) in [5.41, 5.74) is 0.991. The van der Waals surface area contributed by atoms with Crippen molar-refractivity contribution in [3.8, 4) is 0 Å². The van der Waals surface area contributed by atoms with E-state index in [-0.39, 0.29) is 5.97 Å². The van der Waals surface area contributed by atoms with Crippen LogP contribution in [0.4, 0.5) is 5.13 Å². The van der Waals surface area contributed by atoms with Crippen LogP contribution in [0.5, 0.6) is 0 Å². The van der Waals surface area contributed by atoms with E-state index in [1.54, 1.807) is 11.3 Å². The van der Waals surface area contributed by atoms with Crippen molar-refractivity contribution >= 4 is 22.4 Å². The fourth-order valence-electron chi connectivity index (χ4n) is 1.86. The van der Waals surface area contributed by atoms with Gasteiger partial charge in [0.1, 0.15) is 0 Å². The molecular weight excluding hydrogens is 260 g/mol. The molecule has 0 bridgehead atoms. The molecule has 0 aliphatic rings. The van der Waals surface area contributed by atoms with E-state index in [1.165, 1.54) is 0 Å². The van der Waals surface area contributed by atoms with Gasteiger partial charge in [0.25, 0.3) is 0 Å². The second-order valence-electron chi connectivity index (χ2n) is 4.41. The molecule has 5 heteroatoms. The van der Waals surface area contributed by atoms with Gasteiger partial charge in [0.15, 0.2) is 5.13 Å². The van der Waals surface area contributed by atoms with Crippen LogP contribution in [0.1, 0.15) is 45.7 Å². The Labute approximate surface area is 119 Å². The second kappa shape index (κ2) is 8.91. The van der Waals surface area contributed by atoms with Gasteiger partial charge < -0.3 is 9.64 Å². The van der Waals surface area contributed by atoms with E-state index in [0.29, 0.717) is 19.4 Å². The smallest absolute Gasteiger partial charge is 0.306 e. The first-order valence-corrected chi connectivity index (χ1v) is 7.94. The summed E-state index contributed by atoms with van der Waals surface area (Å²) in [7, 11) is 0. The number of thiazole rings is 1. The molecule has 0 aliphatic carbocycles. The van der Waals surface area contributed by atoms with Crippen LogP contribution in [0.15, 0.2) is 5.38 Å². The summed E-state index contributed by atoms with van der Waals surface area (Å²) >= 11 is 1.67. The minimum atomic E-state index is -0.143. The summed E-state index contributed by atoms with van der Waals surface area (Å²) in [5, 5.41) is 3.12. The van der Waals surface area contributed by atoms with Gasteiger partial charge >= 0.3 is 5.97 Å². The summed E-state index contributed by atoms with van der Waals surface area (Å²) in [5.74, 6) is -0.143. The Hall–Kier alpha value is -1.10. The molecule has 0 aliphatic heterocycles. The molecule has 0 atom stereocenters. The largest absolute Gasteiger partial charge is 0.466 e. The standard InChI is InChI=1S/C14H24N2O2S/c1-4-9-16(10-5-2)14-15-12(11-19-14)7-8-13(17)18-6-3/h11H,4-10H2,1-3H3. The first-order valence-electron chi connectivity index (χ1n) is 7.06. The summed E-state index contributed by atoms with van der Waals surface area (Å²) in [4.78, 5) is 18.2. The minimum absolute atomic E-state index is 0.143. The van der Waals surface area contributed by atoms with Crippen molar-refractivity contribution < 1.29 is 9.53 Å². The van der Waals surface area contributed by atoms with Gasteiger partial charge in [-0.2, -0.15) is 0 Å². The SMILES string of the molecule is CCCN(CCC)c1nc(CCC(=O)OCC)cs1. The fourth-order valence-corrected chi connectivity index (χ4v) is 2.78. The van der Waals surface area contributed by atoms with Crippen molar-refractivity contribution in [2.75, 3.05) is 24.6 Å². The van der Waals surface area contributed by atoms with Gasteiger partial charge in [0.2, 0.25) is 0 Å². The molecular formula is C14H24N2O2S. The molecule has 0 amide bonds. The number of aryl methyl sites for hydroxylation is 1. The van der Waals surface area contributed by atoms with E-state index in [1.807, 2.05) is 12.3 Å².